The van der Waals surface area contributed by atoms with E-state index in [1.54, 1.807) is 0 Å². The Labute approximate surface area is 121 Å². The van der Waals surface area contributed by atoms with Gasteiger partial charge in [0.05, 0.1) is 18.8 Å². The summed E-state index contributed by atoms with van der Waals surface area (Å²) < 4.78 is 5.98. The summed E-state index contributed by atoms with van der Waals surface area (Å²) in [5.41, 5.74) is 7.47. The molecule has 0 bridgehead atoms. The van der Waals surface area contributed by atoms with Crippen molar-refractivity contribution in [2.24, 2.45) is 11.7 Å². The first-order valence-electron chi connectivity index (χ1n) is 7.42. The molecular weight excluding hydrogens is 250 g/mol. The van der Waals surface area contributed by atoms with Crippen LogP contribution in [0.2, 0.25) is 0 Å². The average Bonchev–Trinajstić information content (AvgIpc) is 2.90. The molecule has 3 N–H and O–H groups in total. The minimum Gasteiger partial charge on any atom is -0.393 e. The summed E-state index contributed by atoms with van der Waals surface area (Å²) in [5, 5.41) is 10.0. The Morgan fingerprint density at radius 1 is 1.35 bits per heavy atom. The highest BCUT2D eigenvalue weighted by atomic mass is 16.5. The van der Waals surface area contributed by atoms with Gasteiger partial charge in [-0.25, -0.2) is 0 Å². The minimum atomic E-state index is -0.280. The van der Waals surface area contributed by atoms with Crippen LogP contribution in [0.15, 0.2) is 43.0 Å². The zero-order chi connectivity index (χ0) is 14.4. The van der Waals surface area contributed by atoms with Gasteiger partial charge in [0.15, 0.2) is 0 Å². The quantitative estimate of drug-likeness (QED) is 0.752. The number of hydrogen-bond donors (Lipinski definition) is 2. The molecule has 20 heavy (non-hydrogen) atoms. The fourth-order valence-electron chi connectivity index (χ4n) is 2.97. The number of nitrogens with two attached hydrogens (primary N) is 1. The molecule has 0 amide bonds. The van der Waals surface area contributed by atoms with Gasteiger partial charge in [0.2, 0.25) is 0 Å². The Morgan fingerprint density at radius 3 is 2.70 bits per heavy atom. The first-order valence-corrected chi connectivity index (χ1v) is 7.42. The molecule has 1 aromatic rings. The van der Waals surface area contributed by atoms with Crippen LogP contribution in [0.5, 0.6) is 0 Å². The molecule has 3 nitrogen and oxygen atoms in total. The van der Waals surface area contributed by atoms with Crippen LogP contribution in [0.4, 0.5) is 0 Å². The lowest BCUT2D eigenvalue weighted by molar-refractivity contribution is -0.00515. The van der Waals surface area contributed by atoms with Crippen molar-refractivity contribution in [2.45, 2.75) is 50.5 Å². The van der Waals surface area contributed by atoms with E-state index in [-0.39, 0.29) is 24.2 Å². The number of aliphatic hydroxyl groups excluding tert-OH is 1. The molecule has 0 aliphatic heterocycles. The maximum atomic E-state index is 10.0. The molecule has 0 aromatic heterocycles. The van der Waals surface area contributed by atoms with Crippen LogP contribution in [0.25, 0.3) is 0 Å². The van der Waals surface area contributed by atoms with Gasteiger partial charge >= 0.3 is 0 Å². The summed E-state index contributed by atoms with van der Waals surface area (Å²) in [4.78, 5) is 0. The summed E-state index contributed by atoms with van der Waals surface area (Å²) in [6.07, 6.45) is 5.11. The molecule has 0 spiro atoms. The number of hydrogen-bond acceptors (Lipinski definition) is 3. The van der Waals surface area contributed by atoms with Crippen LogP contribution in [0.3, 0.4) is 0 Å². The largest absolute Gasteiger partial charge is 0.393 e. The SMILES string of the molecule is C=CC[C@H](OCc1ccccc1)[C@H](N)[C@@H]1CCC[C@@H]1O. The summed E-state index contributed by atoms with van der Waals surface area (Å²) >= 11 is 0. The average molecular weight is 275 g/mol. The Morgan fingerprint density at radius 2 is 2.10 bits per heavy atom. The number of rotatable bonds is 7. The van der Waals surface area contributed by atoms with E-state index in [1.807, 2.05) is 36.4 Å². The fraction of sp³-hybridized carbons (Fsp3) is 0.529. The highest BCUT2D eigenvalue weighted by Gasteiger charge is 2.34. The Balaban J connectivity index is 1.93. The molecule has 1 aliphatic carbocycles. The molecule has 2 rings (SSSR count). The molecular formula is C17H25NO2. The van der Waals surface area contributed by atoms with Crippen molar-refractivity contribution in [1.82, 2.24) is 0 Å². The fourth-order valence-corrected chi connectivity index (χ4v) is 2.97. The van der Waals surface area contributed by atoms with Crippen LogP contribution in [0, 0.1) is 5.92 Å². The van der Waals surface area contributed by atoms with Gasteiger partial charge in [-0.05, 0) is 24.8 Å². The van der Waals surface area contributed by atoms with Crippen LogP contribution in [-0.4, -0.2) is 23.4 Å². The van der Waals surface area contributed by atoms with Gasteiger partial charge in [-0.15, -0.1) is 6.58 Å². The topological polar surface area (TPSA) is 55.5 Å². The number of benzene rings is 1. The van der Waals surface area contributed by atoms with E-state index in [9.17, 15) is 5.11 Å². The molecule has 4 atom stereocenters. The van der Waals surface area contributed by atoms with E-state index < -0.39 is 0 Å². The van der Waals surface area contributed by atoms with Crippen molar-refractivity contribution in [3.05, 3.63) is 48.6 Å². The Hall–Kier alpha value is -1.16. The van der Waals surface area contributed by atoms with Gasteiger partial charge in [0.25, 0.3) is 0 Å². The van der Waals surface area contributed by atoms with Crippen LogP contribution < -0.4 is 5.73 Å². The minimum absolute atomic E-state index is 0.0783. The first-order chi connectivity index (χ1) is 9.72. The molecule has 0 heterocycles. The van der Waals surface area contributed by atoms with Crippen molar-refractivity contribution in [2.75, 3.05) is 0 Å². The smallest absolute Gasteiger partial charge is 0.0768 e. The summed E-state index contributed by atoms with van der Waals surface area (Å²) in [5.74, 6) is 0.149. The van der Waals surface area contributed by atoms with Crippen LogP contribution in [-0.2, 0) is 11.3 Å². The van der Waals surface area contributed by atoms with E-state index >= 15 is 0 Å². The molecule has 1 fully saturated rings. The third kappa shape index (κ3) is 3.92. The van der Waals surface area contributed by atoms with Crippen molar-refractivity contribution < 1.29 is 9.84 Å². The van der Waals surface area contributed by atoms with Gasteiger partial charge < -0.3 is 15.6 Å². The number of ether oxygens (including phenoxy) is 1. The zero-order valence-electron chi connectivity index (χ0n) is 11.9. The monoisotopic (exact) mass is 275 g/mol. The molecule has 3 heteroatoms. The highest BCUT2D eigenvalue weighted by Crippen LogP contribution is 2.30. The predicted octanol–water partition coefficient (Wildman–Crippen LogP) is 2.64. The molecule has 0 unspecified atom stereocenters. The van der Waals surface area contributed by atoms with E-state index in [4.69, 9.17) is 10.5 Å². The van der Waals surface area contributed by atoms with Gasteiger partial charge in [0, 0.05) is 12.0 Å². The van der Waals surface area contributed by atoms with Crippen molar-refractivity contribution in [3.8, 4) is 0 Å². The Kier molecular flexibility index (Phi) is 5.77. The second-order valence-electron chi connectivity index (χ2n) is 5.60. The second-order valence-corrected chi connectivity index (χ2v) is 5.60. The summed E-state index contributed by atoms with van der Waals surface area (Å²) in [6.45, 7) is 4.34. The number of aliphatic hydroxyl groups is 1. The molecule has 0 saturated heterocycles. The van der Waals surface area contributed by atoms with Crippen molar-refractivity contribution >= 4 is 0 Å². The molecule has 1 aliphatic rings. The van der Waals surface area contributed by atoms with E-state index in [1.165, 1.54) is 0 Å². The maximum absolute atomic E-state index is 10.0. The summed E-state index contributed by atoms with van der Waals surface area (Å²) in [6, 6.07) is 9.95. The molecule has 110 valence electrons. The van der Waals surface area contributed by atoms with E-state index in [0.29, 0.717) is 6.61 Å². The lowest BCUT2D eigenvalue weighted by atomic mass is 9.91. The van der Waals surface area contributed by atoms with E-state index in [2.05, 4.69) is 6.58 Å². The second kappa shape index (κ2) is 7.58. The zero-order valence-corrected chi connectivity index (χ0v) is 11.9. The Bertz CT molecular complexity index is 407. The maximum Gasteiger partial charge on any atom is 0.0768 e. The van der Waals surface area contributed by atoms with Crippen LogP contribution in [0.1, 0.15) is 31.2 Å². The van der Waals surface area contributed by atoms with Gasteiger partial charge in [-0.2, -0.15) is 0 Å². The third-order valence-electron chi connectivity index (χ3n) is 4.16. The van der Waals surface area contributed by atoms with Gasteiger partial charge in [0.1, 0.15) is 0 Å². The van der Waals surface area contributed by atoms with Crippen molar-refractivity contribution in [1.29, 1.82) is 0 Å². The van der Waals surface area contributed by atoms with E-state index in [0.717, 1.165) is 31.2 Å². The third-order valence-corrected chi connectivity index (χ3v) is 4.16. The first kappa shape index (κ1) is 15.2. The normalized spacial score (nSPS) is 25.3. The van der Waals surface area contributed by atoms with Crippen LogP contribution >= 0.6 is 0 Å². The predicted molar refractivity (Wildman–Crippen MR) is 81.2 cm³/mol. The van der Waals surface area contributed by atoms with Gasteiger partial charge in [-0.1, -0.05) is 42.8 Å². The highest BCUT2D eigenvalue weighted by molar-refractivity contribution is 5.13. The molecule has 0 radical (unpaired) electrons. The van der Waals surface area contributed by atoms with Crippen molar-refractivity contribution in [3.63, 3.8) is 0 Å². The van der Waals surface area contributed by atoms with Gasteiger partial charge in [-0.3, -0.25) is 0 Å². The standard InChI is InChI=1S/C17H25NO2/c1-2-7-16(17(18)14-10-6-11-15(14)19)20-12-13-8-4-3-5-9-13/h2-5,8-9,14-17,19H,1,6-7,10-12,18H2/t14-,15+,16+,17-/m1/s1. The lowest BCUT2D eigenvalue weighted by Crippen LogP contribution is -2.45. The molecule has 1 aromatic carbocycles. The molecule has 1 saturated carbocycles. The summed E-state index contributed by atoms with van der Waals surface area (Å²) in [7, 11) is 0. The lowest BCUT2D eigenvalue weighted by Gasteiger charge is -2.30.